The third kappa shape index (κ3) is 3.17. The van der Waals surface area contributed by atoms with E-state index in [1.54, 1.807) is 6.20 Å². The van der Waals surface area contributed by atoms with Crippen LogP contribution in [0, 0.1) is 0 Å². The lowest BCUT2D eigenvalue weighted by atomic mass is 10.1. The fourth-order valence-corrected chi connectivity index (χ4v) is 2.78. The van der Waals surface area contributed by atoms with E-state index in [1.165, 1.54) is 0 Å². The molecule has 0 bridgehead atoms. The highest BCUT2D eigenvalue weighted by Crippen LogP contribution is 2.29. The molecule has 1 aromatic carbocycles. The van der Waals surface area contributed by atoms with E-state index < -0.39 is 0 Å². The Morgan fingerprint density at radius 3 is 2.86 bits per heavy atom. The molecule has 0 aliphatic carbocycles. The number of nitrogens with zero attached hydrogens (tertiary/aromatic N) is 1. The van der Waals surface area contributed by atoms with E-state index in [4.69, 9.17) is 4.42 Å². The first-order valence-corrected chi connectivity index (χ1v) is 7.89. The molecule has 2 heterocycles. The summed E-state index contributed by atoms with van der Waals surface area (Å²) in [4.78, 5) is 4.26. The Bertz CT molecular complexity index is 705. The predicted molar refractivity (Wildman–Crippen MR) is 88.3 cm³/mol. The summed E-state index contributed by atoms with van der Waals surface area (Å²) in [6.45, 7) is 3.08. The van der Waals surface area contributed by atoms with Gasteiger partial charge in [-0.1, -0.05) is 25.1 Å². The van der Waals surface area contributed by atoms with E-state index in [1.807, 2.05) is 24.4 Å². The summed E-state index contributed by atoms with van der Waals surface area (Å²) in [6.07, 6.45) is 4.74. The molecule has 21 heavy (non-hydrogen) atoms. The number of hydrogen-bond donors (Lipinski definition) is 1. The van der Waals surface area contributed by atoms with Crippen molar-refractivity contribution >= 4 is 26.9 Å². The van der Waals surface area contributed by atoms with E-state index >= 15 is 0 Å². The van der Waals surface area contributed by atoms with Gasteiger partial charge in [0.15, 0.2) is 0 Å². The summed E-state index contributed by atoms with van der Waals surface area (Å²) in [5.41, 5.74) is 2.01. The second-order valence-corrected chi connectivity index (χ2v) is 5.93. The molecule has 3 rings (SSSR count). The maximum Gasteiger partial charge on any atom is 0.134 e. The zero-order chi connectivity index (χ0) is 14.7. The number of nitrogens with one attached hydrogen (secondary N) is 1. The van der Waals surface area contributed by atoms with Gasteiger partial charge >= 0.3 is 0 Å². The molecular weight excluding hydrogens is 328 g/mol. The lowest BCUT2D eigenvalue weighted by molar-refractivity contribution is 0.469. The van der Waals surface area contributed by atoms with E-state index in [0.29, 0.717) is 0 Å². The summed E-state index contributed by atoms with van der Waals surface area (Å²) in [5, 5.41) is 4.66. The van der Waals surface area contributed by atoms with E-state index in [2.05, 4.69) is 51.4 Å². The molecule has 4 heteroatoms. The molecule has 0 aliphatic heterocycles. The van der Waals surface area contributed by atoms with Crippen molar-refractivity contribution in [2.24, 2.45) is 0 Å². The van der Waals surface area contributed by atoms with Crippen molar-refractivity contribution in [2.45, 2.75) is 19.4 Å². The van der Waals surface area contributed by atoms with Crippen molar-refractivity contribution in [1.82, 2.24) is 10.3 Å². The number of hydrogen-bond acceptors (Lipinski definition) is 3. The summed E-state index contributed by atoms with van der Waals surface area (Å²) in [5.74, 6) is 0.921. The second kappa shape index (κ2) is 6.41. The average Bonchev–Trinajstić information content (AvgIpc) is 2.91. The standard InChI is InChI=1S/C17H17BrN2O/c1-2-7-20-17(13-8-14(18)11-19-10-13)16-9-12-5-3-4-6-15(12)21-16/h3-6,8-11,17,20H,2,7H2,1H3. The average molecular weight is 345 g/mol. The monoisotopic (exact) mass is 344 g/mol. The summed E-state index contributed by atoms with van der Waals surface area (Å²) in [6, 6.07) is 12.3. The normalized spacial score (nSPS) is 12.7. The fraction of sp³-hybridized carbons (Fsp3) is 0.235. The largest absolute Gasteiger partial charge is 0.459 e. The predicted octanol–water partition coefficient (Wildman–Crippen LogP) is 4.68. The first-order valence-electron chi connectivity index (χ1n) is 7.10. The second-order valence-electron chi connectivity index (χ2n) is 5.01. The van der Waals surface area contributed by atoms with E-state index in [9.17, 15) is 0 Å². The first-order chi connectivity index (χ1) is 10.3. The third-order valence-electron chi connectivity index (χ3n) is 3.39. The molecule has 1 N–H and O–H groups in total. The molecule has 0 aliphatic rings. The highest BCUT2D eigenvalue weighted by Gasteiger charge is 2.18. The van der Waals surface area contributed by atoms with Crippen molar-refractivity contribution in [3.05, 3.63) is 64.6 Å². The molecule has 3 nitrogen and oxygen atoms in total. The van der Waals surface area contributed by atoms with Gasteiger partial charge in [-0.15, -0.1) is 0 Å². The molecule has 0 amide bonds. The Hall–Kier alpha value is -1.65. The van der Waals surface area contributed by atoms with E-state index in [0.717, 1.165) is 39.7 Å². The minimum atomic E-state index is 0.0161. The Morgan fingerprint density at radius 1 is 1.24 bits per heavy atom. The van der Waals surface area contributed by atoms with Gasteiger partial charge in [0.1, 0.15) is 11.3 Å². The number of pyridine rings is 1. The van der Waals surface area contributed by atoms with Crippen molar-refractivity contribution in [3.63, 3.8) is 0 Å². The quantitative estimate of drug-likeness (QED) is 0.730. The van der Waals surface area contributed by atoms with Crippen LogP contribution in [0.25, 0.3) is 11.0 Å². The zero-order valence-electron chi connectivity index (χ0n) is 11.8. The Morgan fingerprint density at radius 2 is 2.10 bits per heavy atom. The molecule has 0 radical (unpaired) electrons. The maximum absolute atomic E-state index is 6.02. The number of benzene rings is 1. The third-order valence-corrected chi connectivity index (χ3v) is 3.82. The van der Waals surface area contributed by atoms with Gasteiger partial charge in [-0.25, -0.2) is 0 Å². The minimum Gasteiger partial charge on any atom is -0.459 e. The molecule has 0 saturated carbocycles. The van der Waals surface area contributed by atoms with Gasteiger partial charge in [-0.3, -0.25) is 4.98 Å². The van der Waals surface area contributed by atoms with Crippen LogP contribution in [0.15, 0.2) is 57.7 Å². The van der Waals surface area contributed by atoms with Crippen LogP contribution in [0.5, 0.6) is 0 Å². The van der Waals surface area contributed by atoms with Gasteiger partial charge in [-0.05, 0) is 52.7 Å². The van der Waals surface area contributed by atoms with Crippen molar-refractivity contribution in [2.75, 3.05) is 6.54 Å². The molecule has 108 valence electrons. The van der Waals surface area contributed by atoms with E-state index in [-0.39, 0.29) is 6.04 Å². The van der Waals surface area contributed by atoms with Gasteiger partial charge in [0.25, 0.3) is 0 Å². The number of rotatable bonds is 5. The molecule has 0 fully saturated rings. The highest BCUT2D eigenvalue weighted by molar-refractivity contribution is 9.10. The molecule has 0 spiro atoms. The first kappa shape index (κ1) is 14.3. The summed E-state index contributed by atoms with van der Waals surface area (Å²) >= 11 is 3.48. The number of para-hydroxylation sites is 1. The van der Waals surface area contributed by atoms with Gasteiger partial charge in [-0.2, -0.15) is 0 Å². The summed E-state index contributed by atoms with van der Waals surface area (Å²) in [7, 11) is 0. The number of halogens is 1. The molecule has 0 saturated heterocycles. The fourth-order valence-electron chi connectivity index (χ4n) is 2.40. The smallest absolute Gasteiger partial charge is 0.134 e. The molecular formula is C17H17BrN2O. The topological polar surface area (TPSA) is 38.1 Å². The van der Waals surface area contributed by atoms with Gasteiger partial charge in [0, 0.05) is 22.3 Å². The SMILES string of the molecule is CCCNC(c1cncc(Br)c1)c1cc2ccccc2o1. The van der Waals surface area contributed by atoms with Crippen molar-refractivity contribution < 1.29 is 4.42 Å². The molecule has 1 unspecified atom stereocenters. The van der Waals surface area contributed by atoms with Gasteiger partial charge < -0.3 is 9.73 Å². The number of furan rings is 1. The van der Waals surface area contributed by atoms with Crippen LogP contribution in [0.3, 0.4) is 0 Å². The number of aromatic nitrogens is 1. The van der Waals surface area contributed by atoms with Crippen LogP contribution in [0.2, 0.25) is 0 Å². The zero-order valence-corrected chi connectivity index (χ0v) is 13.4. The summed E-state index contributed by atoms with van der Waals surface area (Å²) < 4.78 is 6.99. The van der Waals surface area contributed by atoms with Crippen LogP contribution in [0.1, 0.15) is 30.7 Å². The van der Waals surface area contributed by atoms with Gasteiger partial charge in [0.05, 0.1) is 6.04 Å². The Balaban J connectivity index is 2.02. The van der Waals surface area contributed by atoms with Crippen LogP contribution in [0.4, 0.5) is 0 Å². The molecule has 1 atom stereocenters. The highest BCUT2D eigenvalue weighted by atomic mass is 79.9. The number of fused-ring (bicyclic) bond motifs is 1. The van der Waals surface area contributed by atoms with Crippen LogP contribution in [-0.2, 0) is 0 Å². The lowest BCUT2D eigenvalue weighted by Gasteiger charge is -2.16. The Labute approximate surface area is 132 Å². The van der Waals surface area contributed by atoms with Crippen molar-refractivity contribution in [3.8, 4) is 0 Å². The lowest BCUT2D eigenvalue weighted by Crippen LogP contribution is -2.22. The van der Waals surface area contributed by atoms with Crippen LogP contribution >= 0.6 is 15.9 Å². The van der Waals surface area contributed by atoms with Gasteiger partial charge in [0.2, 0.25) is 0 Å². The maximum atomic E-state index is 6.02. The molecule has 2 aromatic heterocycles. The van der Waals surface area contributed by atoms with Crippen LogP contribution < -0.4 is 5.32 Å². The van der Waals surface area contributed by atoms with Crippen LogP contribution in [-0.4, -0.2) is 11.5 Å². The minimum absolute atomic E-state index is 0.0161. The Kier molecular flexibility index (Phi) is 4.36. The molecule has 3 aromatic rings. The van der Waals surface area contributed by atoms with Crippen molar-refractivity contribution in [1.29, 1.82) is 0 Å².